The minimum Gasteiger partial charge on any atom is -0.388 e. The Morgan fingerprint density at radius 1 is 1.63 bits per heavy atom. The van der Waals surface area contributed by atoms with Crippen LogP contribution in [0.15, 0.2) is 24.5 Å². The van der Waals surface area contributed by atoms with Gasteiger partial charge in [0.25, 0.3) is 0 Å². The monoisotopic (exact) mass is 265 g/mol. The summed E-state index contributed by atoms with van der Waals surface area (Å²) in [7, 11) is 0. The number of hydrogen-bond acceptors (Lipinski definition) is 4. The fraction of sp³-hybridized carbons (Fsp3) is 0.538. The summed E-state index contributed by atoms with van der Waals surface area (Å²) >= 11 is 0. The molecule has 1 aromatic rings. The van der Waals surface area contributed by atoms with Gasteiger partial charge in [-0.25, -0.2) is 4.79 Å². The highest BCUT2D eigenvalue weighted by atomic mass is 16.5. The lowest BCUT2D eigenvalue weighted by Gasteiger charge is -2.43. The molecule has 6 nitrogen and oxygen atoms in total. The first kappa shape index (κ1) is 13.8. The molecule has 19 heavy (non-hydrogen) atoms. The summed E-state index contributed by atoms with van der Waals surface area (Å²) in [5, 5.41) is 15.4. The molecule has 104 valence electrons. The van der Waals surface area contributed by atoms with Gasteiger partial charge in [-0.3, -0.25) is 4.98 Å². The Hall–Kier alpha value is -1.66. The molecule has 1 fully saturated rings. The van der Waals surface area contributed by atoms with E-state index in [1.54, 1.807) is 24.5 Å². The maximum absolute atomic E-state index is 11.6. The number of anilines is 1. The van der Waals surface area contributed by atoms with Gasteiger partial charge < -0.3 is 20.5 Å². The molecule has 1 aliphatic rings. The van der Waals surface area contributed by atoms with Gasteiger partial charge in [-0.05, 0) is 19.1 Å². The summed E-state index contributed by atoms with van der Waals surface area (Å²) in [6, 6.07) is 3.14. The number of nitrogens with one attached hydrogen (secondary N) is 2. The molecule has 1 heterocycles. The molecule has 0 unspecified atom stereocenters. The summed E-state index contributed by atoms with van der Waals surface area (Å²) in [6.07, 6.45) is 4.43. The number of hydrogen-bond donors (Lipinski definition) is 3. The van der Waals surface area contributed by atoms with E-state index in [1.165, 1.54) is 0 Å². The highest BCUT2D eigenvalue weighted by Crippen LogP contribution is 2.33. The molecule has 0 radical (unpaired) electrons. The van der Waals surface area contributed by atoms with Crippen molar-refractivity contribution in [3.63, 3.8) is 0 Å². The first-order valence-electron chi connectivity index (χ1n) is 6.40. The minimum absolute atomic E-state index is 0.109. The number of nitrogens with zero attached hydrogens (tertiary/aromatic N) is 1. The summed E-state index contributed by atoms with van der Waals surface area (Å²) in [6.45, 7) is 2.80. The number of urea groups is 1. The maximum Gasteiger partial charge on any atom is 0.319 e. The smallest absolute Gasteiger partial charge is 0.319 e. The van der Waals surface area contributed by atoms with Gasteiger partial charge in [0, 0.05) is 32.2 Å². The van der Waals surface area contributed by atoms with Gasteiger partial charge in [0.05, 0.1) is 23.6 Å². The lowest BCUT2D eigenvalue weighted by atomic mass is 9.77. The van der Waals surface area contributed by atoms with E-state index < -0.39 is 5.60 Å². The zero-order valence-corrected chi connectivity index (χ0v) is 10.9. The average molecular weight is 265 g/mol. The summed E-state index contributed by atoms with van der Waals surface area (Å²) in [5.41, 5.74) is -0.223. The standard InChI is InChI=1S/C13H19N3O3/c1-2-19-11-6-13(18,7-11)9-15-12(17)16-10-4-3-5-14-8-10/h3-5,8,11,18H,2,6-7,9H2,1H3,(H2,15,16,17). The lowest BCUT2D eigenvalue weighted by Crippen LogP contribution is -2.55. The van der Waals surface area contributed by atoms with E-state index >= 15 is 0 Å². The van der Waals surface area contributed by atoms with Gasteiger partial charge in [0.2, 0.25) is 0 Å². The number of rotatable bonds is 5. The van der Waals surface area contributed by atoms with E-state index in [4.69, 9.17) is 4.74 Å². The van der Waals surface area contributed by atoms with Crippen molar-refractivity contribution in [1.82, 2.24) is 10.3 Å². The van der Waals surface area contributed by atoms with Crippen molar-refractivity contribution in [3.05, 3.63) is 24.5 Å². The van der Waals surface area contributed by atoms with Crippen LogP contribution in [0.5, 0.6) is 0 Å². The number of amides is 2. The van der Waals surface area contributed by atoms with E-state index in [9.17, 15) is 9.90 Å². The first-order chi connectivity index (χ1) is 9.11. The van der Waals surface area contributed by atoms with Crippen LogP contribution in [-0.4, -0.2) is 41.0 Å². The predicted molar refractivity (Wildman–Crippen MR) is 70.9 cm³/mol. The number of carbonyl (C=O) groups excluding carboxylic acids is 1. The topological polar surface area (TPSA) is 83.5 Å². The van der Waals surface area contributed by atoms with Crippen LogP contribution < -0.4 is 10.6 Å². The number of aromatic nitrogens is 1. The Balaban J connectivity index is 1.70. The van der Waals surface area contributed by atoms with E-state index in [2.05, 4.69) is 15.6 Å². The summed E-state index contributed by atoms with van der Waals surface area (Å²) in [5.74, 6) is 0. The number of pyridine rings is 1. The van der Waals surface area contributed by atoms with Gasteiger partial charge in [0.15, 0.2) is 0 Å². The summed E-state index contributed by atoms with van der Waals surface area (Å²) < 4.78 is 5.38. The van der Waals surface area contributed by atoms with Crippen LogP contribution in [0.2, 0.25) is 0 Å². The molecule has 0 saturated heterocycles. The fourth-order valence-electron chi connectivity index (χ4n) is 2.14. The fourth-order valence-corrected chi connectivity index (χ4v) is 2.14. The van der Waals surface area contributed by atoms with Crippen LogP contribution >= 0.6 is 0 Å². The Labute approximate surface area is 112 Å². The van der Waals surface area contributed by atoms with Gasteiger partial charge >= 0.3 is 6.03 Å². The average Bonchev–Trinajstić information content (AvgIpc) is 2.36. The van der Waals surface area contributed by atoms with E-state index in [1.807, 2.05) is 6.92 Å². The molecule has 1 aliphatic carbocycles. The van der Waals surface area contributed by atoms with Crippen LogP contribution in [0, 0.1) is 0 Å². The normalized spacial score (nSPS) is 25.5. The van der Waals surface area contributed by atoms with Crippen molar-refractivity contribution in [2.24, 2.45) is 0 Å². The zero-order chi connectivity index (χ0) is 13.7. The molecular weight excluding hydrogens is 246 g/mol. The van der Waals surface area contributed by atoms with Gasteiger partial charge in [-0.2, -0.15) is 0 Å². The van der Waals surface area contributed by atoms with E-state index in [0.29, 0.717) is 25.1 Å². The molecule has 1 saturated carbocycles. The highest BCUT2D eigenvalue weighted by molar-refractivity contribution is 5.88. The largest absolute Gasteiger partial charge is 0.388 e. The van der Waals surface area contributed by atoms with E-state index in [-0.39, 0.29) is 18.7 Å². The van der Waals surface area contributed by atoms with Crippen molar-refractivity contribution in [2.45, 2.75) is 31.5 Å². The van der Waals surface area contributed by atoms with Crippen LogP contribution in [0.3, 0.4) is 0 Å². The highest BCUT2D eigenvalue weighted by Gasteiger charge is 2.43. The van der Waals surface area contributed by atoms with Crippen molar-refractivity contribution < 1.29 is 14.6 Å². The minimum atomic E-state index is -0.841. The molecule has 3 N–H and O–H groups in total. The molecule has 0 aliphatic heterocycles. The first-order valence-corrected chi connectivity index (χ1v) is 6.40. The van der Waals surface area contributed by atoms with Crippen LogP contribution in [0.1, 0.15) is 19.8 Å². The third kappa shape index (κ3) is 3.90. The third-order valence-corrected chi connectivity index (χ3v) is 3.12. The van der Waals surface area contributed by atoms with Crippen LogP contribution in [0.25, 0.3) is 0 Å². The van der Waals surface area contributed by atoms with Gasteiger partial charge in [0.1, 0.15) is 0 Å². The quantitative estimate of drug-likeness (QED) is 0.745. The number of carbonyl (C=O) groups is 1. The molecule has 1 aromatic heterocycles. The Kier molecular flexibility index (Phi) is 4.34. The van der Waals surface area contributed by atoms with Crippen molar-refractivity contribution in [3.8, 4) is 0 Å². The molecule has 6 heteroatoms. The molecule has 2 amide bonds. The van der Waals surface area contributed by atoms with E-state index in [0.717, 1.165) is 0 Å². The SMILES string of the molecule is CCOC1CC(O)(CNC(=O)Nc2cccnc2)C1. The second-order valence-corrected chi connectivity index (χ2v) is 4.76. The maximum atomic E-state index is 11.6. The Morgan fingerprint density at radius 3 is 3.05 bits per heavy atom. The Bertz CT molecular complexity index is 418. The van der Waals surface area contributed by atoms with Gasteiger partial charge in [-0.15, -0.1) is 0 Å². The predicted octanol–water partition coefficient (Wildman–Crippen LogP) is 1.13. The van der Waals surface area contributed by atoms with Crippen molar-refractivity contribution in [2.75, 3.05) is 18.5 Å². The zero-order valence-electron chi connectivity index (χ0n) is 10.9. The number of ether oxygens (including phenoxy) is 1. The van der Waals surface area contributed by atoms with Crippen molar-refractivity contribution >= 4 is 11.7 Å². The molecular formula is C13H19N3O3. The molecule has 0 spiro atoms. The van der Waals surface area contributed by atoms with Crippen LogP contribution in [-0.2, 0) is 4.74 Å². The molecule has 0 atom stereocenters. The Morgan fingerprint density at radius 2 is 2.42 bits per heavy atom. The van der Waals surface area contributed by atoms with Gasteiger partial charge in [-0.1, -0.05) is 0 Å². The van der Waals surface area contributed by atoms with Crippen molar-refractivity contribution in [1.29, 1.82) is 0 Å². The second-order valence-electron chi connectivity index (χ2n) is 4.76. The summed E-state index contributed by atoms with van der Waals surface area (Å²) in [4.78, 5) is 15.5. The lowest BCUT2D eigenvalue weighted by molar-refractivity contribution is -0.133. The number of aliphatic hydroxyl groups is 1. The second kappa shape index (κ2) is 5.99. The molecule has 2 rings (SSSR count). The third-order valence-electron chi connectivity index (χ3n) is 3.12. The molecule has 0 bridgehead atoms. The molecule has 0 aromatic carbocycles. The van der Waals surface area contributed by atoms with Crippen LogP contribution in [0.4, 0.5) is 10.5 Å².